The number of hydrazine groups is 1. The maximum atomic E-state index is 13.3. The first kappa shape index (κ1) is 25.3. The molecule has 4 aromatic rings. The van der Waals surface area contributed by atoms with Crippen molar-refractivity contribution < 1.29 is 9.59 Å². The van der Waals surface area contributed by atoms with Crippen molar-refractivity contribution in [1.29, 1.82) is 0 Å². The minimum atomic E-state index is -0.465. The van der Waals surface area contributed by atoms with E-state index in [9.17, 15) is 9.59 Å². The van der Waals surface area contributed by atoms with Gasteiger partial charge in [-0.2, -0.15) is 5.10 Å². The van der Waals surface area contributed by atoms with Crippen LogP contribution in [-0.2, 0) is 4.79 Å². The molecular weight excluding hydrogens is 482 g/mol. The molecular formula is C27H31N9O2. The van der Waals surface area contributed by atoms with Crippen LogP contribution >= 0.6 is 0 Å². The number of pyridine rings is 2. The maximum Gasteiger partial charge on any atom is 0.293 e. The standard InChI is InChI=1S/C27H31N9O2/c1-34(2)10-11-35(3)24-9-7-21(16-30-24)36(28)27(38)25-22-13-18(6-8-23(22)32-33-25)19-12-20(15-29-14-19)31-26(37)17-4-5-17/h6-9,12-17H,4-5,10-11,28H2,1-3H3,(H,31,37)(H,32,33). The number of fused-ring (bicyclic) bond motifs is 1. The minimum absolute atomic E-state index is 0.0212. The van der Waals surface area contributed by atoms with Crippen LogP contribution in [0.15, 0.2) is 55.0 Å². The van der Waals surface area contributed by atoms with Crippen LogP contribution < -0.4 is 21.1 Å². The number of carbonyl (C=O) groups excluding carboxylic acids is 2. The van der Waals surface area contributed by atoms with Crippen LogP contribution in [0.4, 0.5) is 17.2 Å². The summed E-state index contributed by atoms with van der Waals surface area (Å²) in [6.07, 6.45) is 6.78. The van der Waals surface area contributed by atoms with Crippen molar-refractivity contribution in [2.45, 2.75) is 12.8 Å². The second kappa shape index (κ2) is 10.6. The number of H-pyrrole nitrogens is 1. The molecule has 0 saturated heterocycles. The van der Waals surface area contributed by atoms with Crippen LogP contribution in [0.5, 0.6) is 0 Å². The fraction of sp³-hybridized carbons (Fsp3) is 0.296. The van der Waals surface area contributed by atoms with Gasteiger partial charge in [0.15, 0.2) is 5.69 Å². The maximum absolute atomic E-state index is 13.3. The summed E-state index contributed by atoms with van der Waals surface area (Å²) in [6, 6.07) is 11.1. The summed E-state index contributed by atoms with van der Waals surface area (Å²) in [5.74, 6) is 6.65. The molecule has 3 heterocycles. The highest BCUT2D eigenvalue weighted by Crippen LogP contribution is 2.31. The Labute approximate surface area is 220 Å². The lowest BCUT2D eigenvalue weighted by Gasteiger charge is -2.21. The third-order valence-corrected chi connectivity index (χ3v) is 6.56. The van der Waals surface area contributed by atoms with E-state index in [4.69, 9.17) is 5.84 Å². The molecule has 5 rings (SSSR count). The van der Waals surface area contributed by atoms with Gasteiger partial charge in [-0.15, -0.1) is 0 Å². The van der Waals surface area contributed by atoms with E-state index in [0.717, 1.165) is 47.9 Å². The molecule has 0 spiro atoms. The van der Waals surface area contributed by atoms with E-state index >= 15 is 0 Å². The number of hydrogen-bond acceptors (Lipinski definition) is 8. The number of anilines is 3. The van der Waals surface area contributed by atoms with Crippen LogP contribution in [-0.4, -0.2) is 71.1 Å². The fourth-order valence-electron chi connectivity index (χ4n) is 4.06. The molecule has 196 valence electrons. The van der Waals surface area contributed by atoms with Crippen molar-refractivity contribution in [1.82, 2.24) is 25.1 Å². The topological polar surface area (TPSA) is 136 Å². The molecule has 0 aliphatic heterocycles. The van der Waals surface area contributed by atoms with Crippen molar-refractivity contribution in [2.75, 3.05) is 49.5 Å². The molecule has 0 unspecified atom stereocenters. The number of nitrogens with one attached hydrogen (secondary N) is 2. The predicted molar refractivity (Wildman–Crippen MR) is 148 cm³/mol. The van der Waals surface area contributed by atoms with Gasteiger partial charge in [0.2, 0.25) is 5.91 Å². The van der Waals surface area contributed by atoms with Gasteiger partial charge in [-0.25, -0.2) is 15.8 Å². The van der Waals surface area contributed by atoms with Gasteiger partial charge in [0.1, 0.15) is 5.82 Å². The Morgan fingerprint density at radius 3 is 2.55 bits per heavy atom. The zero-order valence-electron chi connectivity index (χ0n) is 21.7. The summed E-state index contributed by atoms with van der Waals surface area (Å²) in [5, 5.41) is 11.8. The number of aromatic nitrogens is 4. The average Bonchev–Trinajstić information content (AvgIpc) is 3.70. The molecule has 4 N–H and O–H groups in total. The second-order valence-electron chi connectivity index (χ2n) is 9.83. The van der Waals surface area contributed by atoms with E-state index in [-0.39, 0.29) is 17.5 Å². The largest absolute Gasteiger partial charge is 0.358 e. The first-order valence-electron chi connectivity index (χ1n) is 12.5. The number of likely N-dealkylation sites (N-methyl/N-ethyl adjacent to an activating group) is 2. The van der Waals surface area contributed by atoms with Gasteiger partial charge in [-0.1, -0.05) is 6.07 Å². The number of hydrogen-bond donors (Lipinski definition) is 3. The quantitative estimate of drug-likeness (QED) is 0.177. The number of amides is 2. The number of nitrogens with zero attached hydrogens (tertiary/aromatic N) is 6. The van der Waals surface area contributed by atoms with Crippen LogP contribution in [0, 0.1) is 5.92 Å². The third kappa shape index (κ3) is 5.48. The lowest BCUT2D eigenvalue weighted by atomic mass is 10.0. The summed E-state index contributed by atoms with van der Waals surface area (Å²) in [7, 11) is 6.01. The monoisotopic (exact) mass is 513 g/mol. The molecule has 1 fully saturated rings. The van der Waals surface area contributed by atoms with Crippen molar-refractivity contribution in [3.63, 3.8) is 0 Å². The Hall–Kier alpha value is -4.35. The van der Waals surface area contributed by atoms with E-state index in [0.29, 0.717) is 22.3 Å². The Bertz CT molecular complexity index is 1460. The summed E-state index contributed by atoms with van der Waals surface area (Å²) < 4.78 is 0. The zero-order chi connectivity index (χ0) is 26.8. The lowest BCUT2D eigenvalue weighted by Crippen LogP contribution is -2.38. The predicted octanol–water partition coefficient (Wildman–Crippen LogP) is 2.89. The Kier molecular flexibility index (Phi) is 7.03. The fourth-order valence-corrected chi connectivity index (χ4v) is 4.06. The van der Waals surface area contributed by atoms with Gasteiger partial charge >= 0.3 is 0 Å². The first-order valence-corrected chi connectivity index (χ1v) is 12.5. The summed E-state index contributed by atoms with van der Waals surface area (Å²) in [6.45, 7) is 1.71. The highest BCUT2D eigenvalue weighted by Gasteiger charge is 2.29. The molecule has 0 bridgehead atoms. The number of nitrogens with two attached hydrogens (primary N) is 1. The van der Waals surface area contributed by atoms with Crippen molar-refractivity contribution >= 4 is 39.9 Å². The molecule has 0 atom stereocenters. The van der Waals surface area contributed by atoms with Crippen molar-refractivity contribution in [3.05, 3.63) is 60.7 Å². The molecule has 0 radical (unpaired) electrons. The first-order chi connectivity index (χ1) is 18.3. The minimum Gasteiger partial charge on any atom is -0.358 e. The molecule has 38 heavy (non-hydrogen) atoms. The van der Waals surface area contributed by atoms with E-state index in [1.165, 1.54) is 0 Å². The number of carbonyl (C=O) groups is 2. The second-order valence-corrected chi connectivity index (χ2v) is 9.83. The Balaban J connectivity index is 1.35. The normalized spacial score (nSPS) is 13.1. The number of aromatic amines is 1. The van der Waals surface area contributed by atoms with Crippen molar-refractivity contribution in [2.24, 2.45) is 11.8 Å². The lowest BCUT2D eigenvalue weighted by molar-refractivity contribution is -0.117. The van der Waals surface area contributed by atoms with Gasteiger partial charge in [-0.3, -0.25) is 19.7 Å². The number of rotatable bonds is 9. The van der Waals surface area contributed by atoms with Gasteiger partial charge in [0.25, 0.3) is 5.91 Å². The molecule has 2 amide bonds. The van der Waals surface area contributed by atoms with E-state index in [2.05, 4.69) is 30.4 Å². The zero-order valence-corrected chi connectivity index (χ0v) is 21.7. The average molecular weight is 514 g/mol. The molecule has 1 saturated carbocycles. The summed E-state index contributed by atoms with van der Waals surface area (Å²) >= 11 is 0. The summed E-state index contributed by atoms with van der Waals surface area (Å²) in [4.78, 5) is 38.4. The van der Waals surface area contributed by atoms with Crippen LogP contribution in [0.2, 0.25) is 0 Å². The van der Waals surface area contributed by atoms with E-state index in [1.54, 1.807) is 24.7 Å². The van der Waals surface area contributed by atoms with Crippen LogP contribution in [0.3, 0.4) is 0 Å². The van der Waals surface area contributed by atoms with E-state index in [1.807, 2.05) is 56.4 Å². The molecule has 1 aromatic carbocycles. The van der Waals surface area contributed by atoms with Gasteiger partial charge in [-0.05, 0) is 62.8 Å². The molecule has 11 heteroatoms. The van der Waals surface area contributed by atoms with Gasteiger partial charge < -0.3 is 15.1 Å². The number of benzene rings is 1. The van der Waals surface area contributed by atoms with Gasteiger partial charge in [0, 0.05) is 43.2 Å². The highest BCUT2D eigenvalue weighted by atomic mass is 16.2. The molecule has 11 nitrogen and oxygen atoms in total. The molecule has 1 aliphatic rings. The molecule has 1 aliphatic carbocycles. The van der Waals surface area contributed by atoms with Gasteiger partial charge in [0.05, 0.1) is 29.3 Å². The summed E-state index contributed by atoms with van der Waals surface area (Å²) in [5.41, 5.74) is 3.63. The van der Waals surface area contributed by atoms with E-state index < -0.39 is 5.91 Å². The Morgan fingerprint density at radius 2 is 1.84 bits per heavy atom. The van der Waals surface area contributed by atoms with Crippen molar-refractivity contribution in [3.8, 4) is 11.1 Å². The SMILES string of the molecule is CN(C)CCN(C)c1ccc(N(N)C(=O)c2n[nH]c3ccc(-c4cncc(NC(=O)C5CC5)c4)cc23)cn1. The Morgan fingerprint density at radius 1 is 1.03 bits per heavy atom. The smallest absolute Gasteiger partial charge is 0.293 e. The van der Waals surface area contributed by atoms with Crippen LogP contribution in [0.1, 0.15) is 23.3 Å². The third-order valence-electron chi connectivity index (χ3n) is 6.56. The highest BCUT2D eigenvalue weighted by molar-refractivity contribution is 6.12. The van der Waals surface area contributed by atoms with Crippen LogP contribution in [0.25, 0.3) is 22.0 Å². The molecule has 3 aromatic heterocycles.